The van der Waals surface area contributed by atoms with Crippen LogP contribution in [0, 0.1) is 6.92 Å². The Morgan fingerprint density at radius 1 is 1.39 bits per heavy atom. The van der Waals surface area contributed by atoms with Crippen molar-refractivity contribution in [1.29, 1.82) is 0 Å². The van der Waals surface area contributed by atoms with Gasteiger partial charge in [0.1, 0.15) is 11.9 Å². The highest BCUT2D eigenvalue weighted by Crippen LogP contribution is 2.41. The lowest BCUT2D eigenvalue weighted by molar-refractivity contribution is -0.159. The van der Waals surface area contributed by atoms with Crippen LogP contribution < -0.4 is 0 Å². The molecule has 1 saturated heterocycles. The van der Waals surface area contributed by atoms with Crippen LogP contribution in [0.3, 0.4) is 0 Å². The van der Waals surface area contributed by atoms with E-state index in [1.807, 2.05) is 19.1 Å². The maximum atomic E-state index is 12.5. The summed E-state index contributed by atoms with van der Waals surface area (Å²) in [6, 6.07) is 7.21. The average Bonchev–Trinajstić information content (AvgIpc) is 2.60. The molecule has 1 aliphatic heterocycles. The van der Waals surface area contributed by atoms with Gasteiger partial charge in [0, 0.05) is 0 Å². The van der Waals surface area contributed by atoms with Gasteiger partial charge in [-0.3, -0.25) is 4.79 Å². The number of aryl methyl sites for hydroxylation is 1. The lowest BCUT2D eigenvalue weighted by Crippen LogP contribution is -2.37. The Bertz CT molecular complexity index is 461. The summed E-state index contributed by atoms with van der Waals surface area (Å²) in [6.45, 7) is 0.655. The van der Waals surface area contributed by atoms with Gasteiger partial charge in [0.15, 0.2) is 0 Å². The molecule has 0 bridgehead atoms. The van der Waals surface area contributed by atoms with Crippen molar-refractivity contribution in [3.05, 3.63) is 35.4 Å². The minimum Gasteiger partial charge on any atom is -0.317 e. The number of benzene rings is 1. The zero-order valence-electron chi connectivity index (χ0n) is 9.70. The highest BCUT2D eigenvalue weighted by atomic mass is 32.2. The van der Waals surface area contributed by atoms with E-state index in [0.29, 0.717) is 0 Å². The van der Waals surface area contributed by atoms with E-state index < -0.39 is 24.0 Å². The van der Waals surface area contributed by atoms with Crippen molar-refractivity contribution in [3.63, 3.8) is 0 Å². The lowest BCUT2D eigenvalue weighted by Gasteiger charge is -2.26. The first kappa shape index (κ1) is 13.3. The van der Waals surface area contributed by atoms with E-state index in [4.69, 9.17) is 0 Å². The van der Waals surface area contributed by atoms with Gasteiger partial charge in [-0.2, -0.15) is 13.2 Å². The minimum absolute atomic E-state index is 0.106. The Balaban J connectivity index is 2.27. The highest BCUT2D eigenvalue weighted by Gasteiger charge is 2.41. The standard InChI is InChI=1S/C12H12F3NOS/c1-8-4-2-3-5-9(8)11-16(7-12(13,14)15)10(17)6-18-11/h2-5,11H,6-7H2,1H3. The van der Waals surface area contributed by atoms with E-state index in [9.17, 15) is 18.0 Å². The summed E-state index contributed by atoms with van der Waals surface area (Å²) in [6.07, 6.45) is -4.36. The molecule has 1 aliphatic rings. The van der Waals surface area contributed by atoms with E-state index in [1.165, 1.54) is 11.8 Å². The van der Waals surface area contributed by atoms with Crippen molar-refractivity contribution in [1.82, 2.24) is 4.90 Å². The number of nitrogens with zero attached hydrogens (tertiary/aromatic N) is 1. The van der Waals surface area contributed by atoms with Gasteiger partial charge in [-0.1, -0.05) is 24.3 Å². The molecular formula is C12H12F3NOS. The molecule has 0 spiro atoms. The fourth-order valence-electron chi connectivity index (χ4n) is 1.94. The molecule has 1 heterocycles. The van der Waals surface area contributed by atoms with Gasteiger partial charge in [-0.25, -0.2) is 0 Å². The number of rotatable bonds is 2. The van der Waals surface area contributed by atoms with Crippen molar-refractivity contribution < 1.29 is 18.0 Å². The van der Waals surface area contributed by atoms with Crippen molar-refractivity contribution in [2.75, 3.05) is 12.3 Å². The molecule has 1 aromatic carbocycles. The Labute approximate surface area is 107 Å². The number of carbonyl (C=O) groups is 1. The van der Waals surface area contributed by atoms with Gasteiger partial charge in [-0.05, 0) is 18.1 Å². The van der Waals surface area contributed by atoms with Crippen LogP contribution in [0.1, 0.15) is 16.5 Å². The number of alkyl halides is 3. The smallest absolute Gasteiger partial charge is 0.317 e. The van der Waals surface area contributed by atoms with Gasteiger partial charge >= 0.3 is 6.18 Å². The molecule has 0 saturated carbocycles. The Morgan fingerprint density at radius 2 is 2.06 bits per heavy atom. The topological polar surface area (TPSA) is 20.3 Å². The normalized spacial score (nSPS) is 20.6. The first-order chi connectivity index (χ1) is 8.38. The molecule has 1 aromatic rings. The van der Waals surface area contributed by atoms with Gasteiger partial charge in [0.05, 0.1) is 5.75 Å². The number of halogens is 3. The highest BCUT2D eigenvalue weighted by molar-refractivity contribution is 8.00. The third-order valence-electron chi connectivity index (χ3n) is 2.77. The zero-order valence-corrected chi connectivity index (χ0v) is 10.5. The predicted octanol–water partition coefficient (Wildman–Crippen LogP) is 3.13. The van der Waals surface area contributed by atoms with Crippen LogP contribution in [0.15, 0.2) is 24.3 Å². The number of thioether (sulfide) groups is 1. The Morgan fingerprint density at radius 3 is 2.67 bits per heavy atom. The number of hydrogen-bond donors (Lipinski definition) is 0. The van der Waals surface area contributed by atoms with Gasteiger partial charge < -0.3 is 4.90 Å². The maximum Gasteiger partial charge on any atom is 0.406 e. The van der Waals surface area contributed by atoms with Crippen LogP contribution >= 0.6 is 11.8 Å². The average molecular weight is 275 g/mol. The fourth-order valence-corrected chi connectivity index (χ4v) is 3.22. The van der Waals surface area contributed by atoms with Crippen LogP contribution in [-0.4, -0.2) is 29.3 Å². The largest absolute Gasteiger partial charge is 0.406 e. The van der Waals surface area contributed by atoms with E-state index in [0.717, 1.165) is 16.0 Å². The fraction of sp³-hybridized carbons (Fsp3) is 0.417. The van der Waals surface area contributed by atoms with Crippen molar-refractivity contribution in [2.45, 2.75) is 18.5 Å². The number of hydrogen-bond acceptors (Lipinski definition) is 2. The Hall–Kier alpha value is -1.17. The molecule has 1 fully saturated rings. The summed E-state index contributed by atoms with van der Waals surface area (Å²) < 4.78 is 37.4. The van der Waals surface area contributed by atoms with Gasteiger partial charge in [0.2, 0.25) is 5.91 Å². The molecule has 0 aliphatic carbocycles. The molecule has 0 N–H and O–H groups in total. The first-order valence-electron chi connectivity index (χ1n) is 5.42. The van der Waals surface area contributed by atoms with Crippen LogP contribution in [0.4, 0.5) is 13.2 Å². The van der Waals surface area contributed by atoms with E-state index >= 15 is 0 Å². The number of amides is 1. The van der Waals surface area contributed by atoms with E-state index in [-0.39, 0.29) is 5.75 Å². The summed E-state index contributed by atoms with van der Waals surface area (Å²) in [5.41, 5.74) is 1.68. The molecule has 18 heavy (non-hydrogen) atoms. The SMILES string of the molecule is Cc1ccccc1C1SCC(=O)N1CC(F)(F)F. The van der Waals surface area contributed by atoms with Crippen LogP contribution in [0.5, 0.6) is 0 Å². The molecule has 0 aromatic heterocycles. The Kier molecular flexibility index (Phi) is 3.56. The summed E-state index contributed by atoms with van der Waals surface area (Å²) in [7, 11) is 0. The minimum atomic E-state index is -4.36. The molecule has 0 radical (unpaired) electrons. The van der Waals surface area contributed by atoms with Crippen molar-refractivity contribution in [2.24, 2.45) is 0 Å². The molecule has 1 atom stereocenters. The summed E-state index contributed by atoms with van der Waals surface area (Å²) in [5, 5.41) is -0.527. The maximum absolute atomic E-state index is 12.5. The molecular weight excluding hydrogens is 263 g/mol. The molecule has 98 valence electrons. The van der Waals surface area contributed by atoms with E-state index in [2.05, 4.69) is 0 Å². The van der Waals surface area contributed by atoms with Crippen molar-refractivity contribution in [3.8, 4) is 0 Å². The molecule has 2 nitrogen and oxygen atoms in total. The van der Waals surface area contributed by atoms with Crippen molar-refractivity contribution >= 4 is 17.7 Å². The summed E-state index contributed by atoms with van der Waals surface area (Å²) >= 11 is 1.24. The molecule has 2 rings (SSSR count). The monoisotopic (exact) mass is 275 g/mol. The quantitative estimate of drug-likeness (QED) is 0.826. The van der Waals surface area contributed by atoms with Crippen LogP contribution in [0.25, 0.3) is 0 Å². The third kappa shape index (κ3) is 2.80. The predicted molar refractivity (Wildman–Crippen MR) is 64.1 cm³/mol. The van der Waals surface area contributed by atoms with Crippen LogP contribution in [0.2, 0.25) is 0 Å². The third-order valence-corrected chi connectivity index (χ3v) is 4.01. The zero-order chi connectivity index (χ0) is 13.3. The second kappa shape index (κ2) is 4.84. The number of carbonyl (C=O) groups excluding carboxylic acids is 1. The summed E-state index contributed by atoms with van der Waals surface area (Å²) in [4.78, 5) is 12.5. The van der Waals surface area contributed by atoms with E-state index in [1.54, 1.807) is 12.1 Å². The summed E-state index contributed by atoms with van der Waals surface area (Å²) in [5.74, 6) is -0.347. The lowest BCUT2D eigenvalue weighted by atomic mass is 10.1. The second-order valence-electron chi connectivity index (χ2n) is 4.16. The molecule has 6 heteroatoms. The molecule has 1 unspecified atom stereocenters. The van der Waals surface area contributed by atoms with Gasteiger partial charge in [0.25, 0.3) is 0 Å². The molecule has 1 amide bonds. The second-order valence-corrected chi connectivity index (χ2v) is 5.23. The van der Waals surface area contributed by atoms with Crippen LogP contribution in [-0.2, 0) is 4.79 Å². The van der Waals surface area contributed by atoms with Gasteiger partial charge in [-0.15, -0.1) is 11.8 Å². The first-order valence-corrected chi connectivity index (χ1v) is 6.47.